The van der Waals surface area contributed by atoms with Crippen LogP contribution in [0.2, 0.25) is 0 Å². The van der Waals surface area contributed by atoms with Crippen LogP contribution in [-0.2, 0) is 14.3 Å². The van der Waals surface area contributed by atoms with Gasteiger partial charge in [-0.15, -0.1) is 0 Å². The molecule has 0 spiro atoms. The maximum absolute atomic E-state index is 11.6. The summed E-state index contributed by atoms with van der Waals surface area (Å²) in [4.78, 5) is 23.1. The molecule has 3 nitrogen and oxygen atoms in total. The Morgan fingerprint density at radius 2 is 1.53 bits per heavy atom. The number of rotatable bonds is 0. The SMILES string of the molecule is CC(C)=C1[C@H]2CC[C@@H]1[C@H]1C(=O)OC(=O)[C@@H]12. The fraction of sp³-hybridized carbons (Fsp3) is 0.667. The molecule has 0 aromatic heterocycles. The van der Waals surface area contributed by atoms with Gasteiger partial charge in [0.1, 0.15) is 0 Å². The average molecular weight is 206 g/mol. The van der Waals surface area contributed by atoms with Gasteiger partial charge in [-0.3, -0.25) is 9.59 Å². The van der Waals surface area contributed by atoms with Gasteiger partial charge in [-0.25, -0.2) is 0 Å². The molecule has 0 N–H and O–H groups in total. The van der Waals surface area contributed by atoms with Crippen LogP contribution in [0.4, 0.5) is 0 Å². The third kappa shape index (κ3) is 0.959. The summed E-state index contributed by atoms with van der Waals surface area (Å²) < 4.78 is 4.74. The second kappa shape index (κ2) is 2.71. The van der Waals surface area contributed by atoms with E-state index in [4.69, 9.17) is 4.74 Å². The molecule has 3 aliphatic rings. The predicted molar refractivity (Wildman–Crippen MR) is 52.7 cm³/mol. The summed E-state index contributed by atoms with van der Waals surface area (Å²) >= 11 is 0. The second-order valence-electron chi connectivity index (χ2n) is 5.04. The lowest BCUT2D eigenvalue weighted by molar-refractivity contribution is -0.154. The second-order valence-corrected chi connectivity index (χ2v) is 5.04. The van der Waals surface area contributed by atoms with E-state index in [1.807, 2.05) is 0 Å². The zero-order valence-corrected chi connectivity index (χ0v) is 8.95. The molecular formula is C12H14O3. The fourth-order valence-corrected chi connectivity index (χ4v) is 3.79. The number of allylic oxidation sites excluding steroid dienone is 2. The molecule has 1 heterocycles. The van der Waals surface area contributed by atoms with Gasteiger partial charge in [0, 0.05) is 0 Å². The van der Waals surface area contributed by atoms with Crippen LogP contribution >= 0.6 is 0 Å². The summed E-state index contributed by atoms with van der Waals surface area (Å²) in [5.41, 5.74) is 2.66. The molecule has 0 radical (unpaired) electrons. The van der Waals surface area contributed by atoms with Crippen molar-refractivity contribution in [2.45, 2.75) is 26.7 Å². The highest BCUT2D eigenvalue weighted by Gasteiger charge is 2.62. The monoisotopic (exact) mass is 206 g/mol. The van der Waals surface area contributed by atoms with E-state index in [9.17, 15) is 9.59 Å². The quantitative estimate of drug-likeness (QED) is 0.344. The maximum atomic E-state index is 11.6. The van der Waals surface area contributed by atoms with Gasteiger partial charge in [0.05, 0.1) is 11.8 Å². The molecule has 2 saturated carbocycles. The fourth-order valence-electron chi connectivity index (χ4n) is 3.79. The summed E-state index contributed by atoms with van der Waals surface area (Å²) in [6, 6.07) is 0. The third-order valence-electron chi connectivity index (χ3n) is 4.16. The molecule has 0 aromatic carbocycles. The van der Waals surface area contributed by atoms with E-state index in [-0.39, 0.29) is 23.8 Å². The van der Waals surface area contributed by atoms with E-state index in [2.05, 4.69) is 13.8 Å². The maximum Gasteiger partial charge on any atom is 0.318 e. The number of carbonyl (C=O) groups excluding carboxylic acids is 2. The molecule has 1 aliphatic heterocycles. The first-order chi connectivity index (χ1) is 7.11. The van der Waals surface area contributed by atoms with Crippen LogP contribution in [-0.4, -0.2) is 11.9 Å². The van der Waals surface area contributed by atoms with Crippen LogP contribution < -0.4 is 0 Å². The third-order valence-corrected chi connectivity index (χ3v) is 4.16. The summed E-state index contributed by atoms with van der Waals surface area (Å²) in [7, 11) is 0. The van der Waals surface area contributed by atoms with Crippen molar-refractivity contribution in [3.63, 3.8) is 0 Å². The zero-order valence-electron chi connectivity index (χ0n) is 8.95. The lowest BCUT2D eigenvalue weighted by Crippen LogP contribution is -2.24. The summed E-state index contributed by atoms with van der Waals surface area (Å²) in [5.74, 6) is -0.276. The van der Waals surface area contributed by atoms with E-state index in [0.717, 1.165) is 12.8 Å². The molecule has 0 amide bonds. The van der Waals surface area contributed by atoms with Gasteiger partial charge in [0.2, 0.25) is 0 Å². The van der Waals surface area contributed by atoms with Crippen LogP contribution in [0.5, 0.6) is 0 Å². The van der Waals surface area contributed by atoms with Gasteiger partial charge in [-0.05, 0) is 38.5 Å². The van der Waals surface area contributed by atoms with Crippen LogP contribution in [0.1, 0.15) is 26.7 Å². The van der Waals surface area contributed by atoms with Crippen molar-refractivity contribution in [1.29, 1.82) is 0 Å². The average Bonchev–Trinajstić information content (AvgIpc) is 2.77. The number of fused-ring (bicyclic) bond motifs is 5. The number of cyclic esters (lactones) is 2. The first-order valence-corrected chi connectivity index (χ1v) is 5.54. The number of ether oxygens (including phenoxy) is 1. The standard InChI is InChI=1S/C12H14O3/c1-5(2)8-6-3-4-7(8)10-9(6)11(13)15-12(10)14/h6-7,9-10H,3-4H2,1-2H3/t6-,7+,9-,10-/m1/s1. The Kier molecular flexibility index (Phi) is 1.65. The number of hydrogen-bond donors (Lipinski definition) is 0. The van der Waals surface area contributed by atoms with E-state index in [1.165, 1.54) is 11.1 Å². The minimum atomic E-state index is -0.282. The summed E-state index contributed by atoms with van der Waals surface area (Å²) in [5, 5.41) is 0. The van der Waals surface area contributed by atoms with E-state index in [1.54, 1.807) is 0 Å². The van der Waals surface area contributed by atoms with Crippen LogP contribution in [0.15, 0.2) is 11.1 Å². The smallest absolute Gasteiger partial charge is 0.318 e. The van der Waals surface area contributed by atoms with Crippen molar-refractivity contribution in [2.24, 2.45) is 23.7 Å². The van der Waals surface area contributed by atoms with Crippen molar-refractivity contribution in [3.8, 4) is 0 Å². The molecule has 3 heteroatoms. The normalized spacial score (nSPS) is 42.1. The molecule has 0 aromatic rings. The highest BCUT2D eigenvalue weighted by Crippen LogP contribution is 2.59. The highest BCUT2D eigenvalue weighted by molar-refractivity contribution is 5.98. The molecule has 2 aliphatic carbocycles. The summed E-state index contributed by atoms with van der Waals surface area (Å²) in [6.45, 7) is 4.16. The Labute approximate surface area is 88.5 Å². The molecular weight excluding hydrogens is 192 g/mol. The molecule has 4 atom stereocenters. The Morgan fingerprint density at radius 1 is 1.07 bits per heavy atom. The van der Waals surface area contributed by atoms with Crippen molar-refractivity contribution >= 4 is 11.9 Å². The van der Waals surface area contributed by atoms with Gasteiger partial charge in [0.15, 0.2) is 0 Å². The molecule has 80 valence electrons. The molecule has 3 fully saturated rings. The zero-order chi connectivity index (χ0) is 10.7. The van der Waals surface area contributed by atoms with Crippen molar-refractivity contribution in [1.82, 2.24) is 0 Å². The van der Waals surface area contributed by atoms with Crippen LogP contribution in [0.25, 0.3) is 0 Å². The first kappa shape index (κ1) is 9.13. The van der Waals surface area contributed by atoms with E-state index in [0.29, 0.717) is 11.8 Å². The Hall–Kier alpha value is -1.12. The van der Waals surface area contributed by atoms with Gasteiger partial charge >= 0.3 is 11.9 Å². The van der Waals surface area contributed by atoms with E-state index < -0.39 is 0 Å². The molecule has 3 rings (SSSR count). The van der Waals surface area contributed by atoms with Crippen molar-refractivity contribution in [2.75, 3.05) is 0 Å². The number of hydrogen-bond acceptors (Lipinski definition) is 3. The minimum Gasteiger partial charge on any atom is -0.393 e. The first-order valence-electron chi connectivity index (χ1n) is 5.54. The lowest BCUT2D eigenvalue weighted by Gasteiger charge is -2.16. The van der Waals surface area contributed by atoms with Gasteiger partial charge in [-0.2, -0.15) is 0 Å². The van der Waals surface area contributed by atoms with Crippen LogP contribution in [0.3, 0.4) is 0 Å². The molecule has 2 bridgehead atoms. The lowest BCUT2D eigenvalue weighted by atomic mass is 9.81. The van der Waals surface area contributed by atoms with E-state index >= 15 is 0 Å². The molecule has 15 heavy (non-hydrogen) atoms. The number of carbonyl (C=O) groups is 2. The Bertz CT molecular complexity index is 360. The minimum absolute atomic E-state index is 0.152. The largest absolute Gasteiger partial charge is 0.393 e. The topological polar surface area (TPSA) is 43.4 Å². The Morgan fingerprint density at radius 3 is 1.93 bits per heavy atom. The highest BCUT2D eigenvalue weighted by atomic mass is 16.6. The summed E-state index contributed by atoms with van der Waals surface area (Å²) in [6.07, 6.45) is 2.10. The van der Waals surface area contributed by atoms with Gasteiger partial charge in [-0.1, -0.05) is 11.1 Å². The van der Waals surface area contributed by atoms with Crippen molar-refractivity contribution in [3.05, 3.63) is 11.1 Å². The van der Waals surface area contributed by atoms with Gasteiger partial charge in [0.25, 0.3) is 0 Å². The predicted octanol–water partition coefficient (Wildman–Crippen LogP) is 1.68. The van der Waals surface area contributed by atoms with Crippen LogP contribution in [0, 0.1) is 23.7 Å². The van der Waals surface area contributed by atoms with Crippen molar-refractivity contribution < 1.29 is 14.3 Å². The molecule has 0 unspecified atom stereocenters. The molecule has 1 saturated heterocycles. The van der Waals surface area contributed by atoms with Gasteiger partial charge < -0.3 is 4.74 Å². The Balaban J connectivity index is 2.10. The number of esters is 2.